The van der Waals surface area contributed by atoms with E-state index < -0.39 is 0 Å². The SMILES string of the molecule is CC(C)c1cccc(NC(=O)CSc2nnc(-c3ccc(Cl)cc3)n2N)c1. The molecule has 3 N–H and O–H groups in total. The van der Waals surface area contributed by atoms with E-state index in [1.54, 1.807) is 12.1 Å². The van der Waals surface area contributed by atoms with Gasteiger partial charge in [0.25, 0.3) is 0 Å². The summed E-state index contributed by atoms with van der Waals surface area (Å²) in [6, 6.07) is 15.0. The normalized spacial score (nSPS) is 11.0. The Bertz CT molecular complexity index is 940. The van der Waals surface area contributed by atoms with Crippen molar-refractivity contribution in [2.75, 3.05) is 16.9 Å². The maximum absolute atomic E-state index is 12.2. The van der Waals surface area contributed by atoms with Crippen LogP contribution >= 0.6 is 23.4 Å². The minimum Gasteiger partial charge on any atom is -0.335 e. The maximum atomic E-state index is 12.2. The highest BCUT2D eigenvalue weighted by atomic mass is 35.5. The molecule has 0 aliphatic rings. The van der Waals surface area contributed by atoms with Crippen molar-refractivity contribution in [2.45, 2.75) is 24.9 Å². The van der Waals surface area contributed by atoms with Gasteiger partial charge in [0.15, 0.2) is 5.82 Å². The number of nitrogens with zero attached hydrogens (tertiary/aromatic N) is 3. The predicted octanol–water partition coefficient (Wildman–Crippen LogP) is 4.17. The molecule has 0 saturated carbocycles. The van der Waals surface area contributed by atoms with Crippen LogP contribution in [0.15, 0.2) is 53.7 Å². The van der Waals surface area contributed by atoms with Gasteiger partial charge in [0, 0.05) is 16.3 Å². The highest BCUT2D eigenvalue weighted by molar-refractivity contribution is 7.99. The fourth-order valence-electron chi connectivity index (χ4n) is 2.47. The summed E-state index contributed by atoms with van der Waals surface area (Å²) in [5, 5.41) is 12.2. The van der Waals surface area contributed by atoms with Crippen molar-refractivity contribution in [1.82, 2.24) is 14.9 Å². The number of anilines is 1. The molecule has 0 spiro atoms. The number of nitrogens with two attached hydrogens (primary N) is 1. The molecular formula is C19H20ClN5OS. The Labute approximate surface area is 167 Å². The van der Waals surface area contributed by atoms with Gasteiger partial charge in [0.2, 0.25) is 11.1 Å². The molecule has 3 rings (SSSR count). The van der Waals surface area contributed by atoms with Gasteiger partial charge in [-0.3, -0.25) is 4.79 Å². The van der Waals surface area contributed by atoms with Crippen molar-refractivity contribution in [3.63, 3.8) is 0 Å². The van der Waals surface area contributed by atoms with Crippen molar-refractivity contribution >= 4 is 35.0 Å². The maximum Gasteiger partial charge on any atom is 0.234 e. The first-order valence-corrected chi connectivity index (χ1v) is 9.79. The highest BCUT2D eigenvalue weighted by Gasteiger charge is 2.14. The second-order valence-corrected chi connectivity index (χ2v) is 7.68. The lowest BCUT2D eigenvalue weighted by atomic mass is 10.0. The number of carbonyl (C=O) groups is 1. The molecule has 0 unspecified atom stereocenters. The van der Waals surface area contributed by atoms with Gasteiger partial charge in [-0.15, -0.1) is 10.2 Å². The van der Waals surface area contributed by atoms with Crippen LogP contribution < -0.4 is 11.2 Å². The van der Waals surface area contributed by atoms with Crippen LogP contribution in [-0.2, 0) is 4.79 Å². The summed E-state index contributed by atoms with van der Waals surface area (Å²) in [7, 11) is 0. The van der Waals surface area contributed by atoms with E-state index in [-0.39, 0.29) is 11.7 Å². The van der Waals surface area contributed by atoms with Gasteiger partial charge in [0.1, 0.15) is 0 Å². The topological polar surface area (TPSA) is 85.8 Å². The molecular weight excluding hydrogens is 382 g/mol. The van der Waals surface area contributed by atoms with Crippen LogP contribution in [0.25, 0.3) is 11.4 Å². The van der Waals surface area contributed by atoms with E-state index in [4.69, 9.17) is 17.4 Å². The average molecular weight is 402 g/mol. The number of amides is 1. The lowest BCUT2D eigenvalue weighted by molar-refractivity contribution is -0.113. The van der Waals surface area contributed by atoms with Crippen molar-refractivity contribution in [3.05, 3.63) is 59.1 Å². The summed E-state index contributed by atoms with van der Waals surface area (Å²) in [6.45, 7) is 4.23. The summed E-state index contributed by atoms with van der Waals surface area (Å²) < 4.78 is 1.38. The molecule has 0 saturated heterocycles. The quantitative estimate of drug-likeness (QED) is 0.478. The first-order chi connectivity index (χ1) is 12.9. The number of hydrogen-bond donors (Lipinski definition) is 2. The standard InChI is InChI=1S/C19H20ClN5OS/c1-12(2)14-4-3-5-16(10-14)22-17(26)11-27-19-24-23-18(25(19)21)13-6-8-15(20)9-7-13/h3-10,12H,11,21H2,1-2H3,(H,22,26). The largest absolute Gasteiger partial charge is 0.335 e. The van der Waals surface area contributed by atoms with Crippen LogP contribution in [-0.4, -0.2) is 26.5 Å². The molecule has 1 aromatic heterocycles. The Morgan fingerprint density at radius 1 is 1.22 bits per heavy atom. The van der Waals surface area contributed by atoms with Crippen LogP contribution in [0.4, 0.5) is 5.69 Å². The van der Waals surface area contributed by atoms with Crippen molar-refractivity contribution < 1.29 is 4.79 Å². The Morgan fingerprint density at radius 2 is 1.96 bits per heavy atom. The van der Waals surface area contributed by atoms with E-state index in [1.165, 1.54) is 22.0 Å². The molecule has 6 nitrogen and oxygen atoms in total. The van der Waals surface area contributed by atoms with Gasteiger partial charge < -0.3 is 11.2 Å². The average Bonchev–Trinajstić information content (AvgIpc) is 3.01. The molecule has 0 aliphatic heterocycles. The molecule has 0 radical (unpaired) electrons. The van der Waals surface area contributed by atoms with E-state index in [9.17, 15) is 4.79 Å². The third kappa shape index (κ3) is 4.81. The number of benzene rings is 2. The lowest BCUT2D eigenvalue weighted by Gasteiger charge is -2.09. The highest BCUT2D eigenvalue weighted by Crippen LogP contribution is 2.23. The van der Waals surface area contributed by atoms with Crippen LogP contribution in [0, 0.1) is 0 Å². The molecule has 0 fully saturated rings. The summed E-state index contributed by atoms with van der Waals surface area (Å²) in [5.74, 6) is 7.04. The van der Waals surface area contributed by atoms with Gasteiger partial charge >= 0.3 is 0 Å². The molecule has 2 aromatic carbocycles. The van der Waals surface area contributed by atoms with E-state index in [1.807, 2.05) is 36.4 Å². The van der Waals surface area contributed by atoms with Gasteiger partial charge in [0.05, 0.1) is 5.75 Å². The molecule has 1 heterocycles. The number of nitrogens with one attached hydrogen (secondary N) is 1. The van der Waals surface area contributed by atoms with Crippen molar-refractivity contribution in [2.24, 2.45) is 0 Å². The Kier molecular flexibility index (Phi) is 6.03. The summed E-state index contributed by atoms with van der Waals surface area (Å²) in [4.78, 5) is 12.2. The lowest BCUT2D eigenvalue weighted by Crippen LogP contribution is -2.16. The zero-order valence-electron chi connectivity index (χ0n) is 15.0. The van der Waals surface area contributed by atoms with Gasteiger partial charge in [-0.25, -0.2) is 4.68 Å². The Hall–Kier alpha value is -2.51. The minimum absolute atomic E-state index is 0.128. The van der Waals surface area contributed by atoms with Crippen molar-refractivity contribution in [3.8, 4) is 11.4 Å². The van der Waals surface area contributed by atoms with E-state index in [2.05, 4.69) is 29.4 Å². The third-order valence-electron chi connectivity index (χ3n) is 3.94. The molecule has 3 aromatic rings. The number of aromatic nitrogens is 3. The smallest absolute Gasteiger partial charge is 0.234 e. The van der Waals surface area contributed by atoms with Gasteiger partial charge in [-0.1, -0.05) is 49.3 Å². The molecule has 27 heavy (non-hydrogen) atoms. The fourth-order valence-corrected chi connectivity index (χ4v) is 3.26. The fraction of sp³-hybridized carbons (Fsp3) is 0.211. The predicted molar refractivity (Wildman–Crippen MR) is 111 cm³/mol. The number of carbonyl (C=O) groups excluding carboxylic acids is 1. The van der Waals surface area contributed by atoms with E-state index >= 15 is 0 Å². The molecule has 8 heteroatoms. The number of halogens is 1. The summed E-state index contributed by atoms with van der Waals surface area (Å²) in [6.07, 6.45) is 0. The molecule has 0 bridgehead atoms. The number of hydrogen-bond acceptors (Lipinski definition) is 5. The van der Waals surface area contributed by atoms with Crippen LogP contribution in [0.3, 0.4) is 0 Å². The molecule has 0 atom stereocenters. The zero-order valence-corrected chi connectivity index (χ0v) is 16.6. The second kappa shape index (κ2) is 8.45. The first kappa shape index (κ1) is 19.3. The zero-order chi connectivity index (χ0) is 19.4. The number of rotatable bonds is 6. The first-order valence-electron chi connectivity index (χ1n) is 8.43. The monoisotopic (exact) mass is 401 g/mol. The molecule has 140 valence electrons. The second-order valence-electron chi connectivity index (χ2n) is 6.30. The van der Waals surface area contributed by atoms with E-state index in [0.717, 1.165) is 11.3 Å². The van der Waals surface area contributed by atoms with Crippen LogP contribution in [0.2, 0.25) is 5.02 Å². The Morgan fingerprint density at radius 3 is 2.67 bits per heavy atom. The number of nitrogen functional groups attached to an aromatic ring is 1. The summed E-state index contributed by atoms with van der Waals surface area (Å²) in [5.41, 5.74) is 2.76. The van der Waals surface area contributed by atoms with Crippen molar-refractivity contribution in [1.29, 1.82) is 0 Å². The minimum atomic E-state index is -0.128. The van der Waals surface area contributed by atoms with Crippen LogP contribution in [0.1, 0.15) is 25.3 Å². The Balaban J connectivity index is 1.62. The summed E-state index contributed by atoms with van der Waals surface area (Å²) >= 11 is 7.13. The number of thioether (sulfide) groups is 1. The third-order valence-corrected chi connectivity index (χ3v) is 5.13. The van der Waals surface area contributed by atoms with Gasteiger partial charge in [-0.2, -0.15) is 0 Å². The van der Waals surface area contributed by atoms with Crippen LogP contribution in [0.5, 0.6) is 0 Å². The van der Waals surface area contributed by atoms with E-state index in [0.29, 0.717) is 21.9 Å². The molecule has 1 amide bonds. The van der Waals surface area contributed by atoms with Gasteiger partial charge in [-0.05, 0) is 47.9 Å². The molecule has 0 aliphatic carbocycles.